The second kappa shape index (κ2) is 3.82. The van der Waals surface area contributed by atoms with E-state index in [1.807, 2.05) is 58.0 Å². The van der Waals surface area contributed by atoms with Gasteiger partial charge in [-0.2, -0.15) is 0 Å². The lowest BCUT2D eigenvalue weighted by Gasteiger charge is -2.51. The largest absolute Gasteiger partial charge is 0.366 e. The van der Waals surface area contributed by atoms with E-state index in [0.29, 0.717) is 6.42 Å². The van der Waals surface area contributed by atoms with Crippen LogP contribution in [0, 0.1) is 10.8 Å². The first-order chi connectivity index (χ1) is 8.19. The number of carbonyl (C=O) groups excluding carboxylic acids is 1. The summed E-state index contributed by atoms with van der Waals surface area (Å²) < 4.78 is 0. The van der Waals surface area contributed by atoms with Gasteiger partial charge in [-0.3, -0.25) is 4.79 Å². The van der Waals surface area contributed by atoms with E-state index in [-0.39, 0.29) is 5.91 Å². The van der Waals surface area contributed by atoms with E-state index in [4.69, 9.17) is 0 Å². The predicted octanol–water partition coefficient (Wildman–Crippen LogP) is 2.40. The van der Waals surface area contributed by atoms with Gasteiger partial charge >= 0.3 is 0 Å². The molecular formula is C15H21NO2. The van der Waals surface area contributed by atoms with Gasteiger partial charge in [0.05, 0.1) is 0 Å². The van der Waals surface area contributed by atoms with Gasteiger partial charge in [-0.1, -0.05) is 58.0 Å². The van der Waals surface area contributed by atoms with Crippen LogP contribution in [-0.4, -0.2) is 11.0 Å². The van der Waals surface area contributed by atoms with Gasteiger partial charge in [-0.25, -0.2) is 0 Å². The summed E-state index contributed by atoms with van der Waals surface area (Å²) in [6.07, 6.45) is 0.636. The molecule has 2 rings (SSSR count). The molecule has 1 fully saturated rings. The second-order valence-corrected chi connectivity index (χ2v) is 6.48. The minimum absolute atomic E-state index is 0.104. The van der Waals surface area contributed by atoms with E-state index in [2.05, 4.69) is 5.32 Å². The minimum Gasteiger partial charge on any atom is -0.366 e. The Kier molecular flexibility index (Phi) is 2.78. The van der Waals surface area contributed by atoms with Crippen molar-refractivity contribution in [1.82, 2.24) is 5.32 Å². The molecule has 0 bridgehead atoms. The Morgan fingerprint density at radius 3 is 2.22 bits per heavy atom. The van der Waals surface area contributed by atoms with Crippen molar-refractivity contribution in [3.05, 3.63) is 35.9 Å². The van der Waals surface area contributed by atoms with Crippen LogP contribution >= 0.6 is 0 Å². The van der Waals surface area contributed by atoms with Crippen LogP contribution in [0.4, 0.5) is 0 Å². The highest BCUT2D eigenvalue weighted by Gasteiger charge is 2.55. The quantitative estimate of drug-likeness (QED) is 0.800. The van der Waals surface area contributed by atoms with E-state index >= 15 is 0 Å². The van der Waals surface area contributed by atoms with Crippen molar-refractivity contribution in [1.29, 1.82) is 0 Å². The predicted molar refractivity (Wildman–Crippen MR) is 70.7 cm³/mol. The van der Waals surface area contributed by atoms with Gasteiger partial charge in [-0.15, -0.1) is 0 Å². The molecule has 3 heteroatoms. The third-order valence-electron chi connectivity index (χ3n) is 3.96. The lowest BCUT2D eigenvalue weighted by atomic mass is 9.63. The molecule has 1 heterocycles. The van der Waals surface area contributed by atoms with E-state index in [1.54, 1.807) is 0 Å². The van der Waals surface area contributed by atoms with Gasteiger partial charge in [0, 0.05) is 16.4 Å². The van der Waals surface area contributed by atoms with Gasteiger partial charge in [0.1, 0.15) is 0 Å². The van der Waals surface area contributed by atoms with Crippen molar-refractivity contribution in [3.8, 4) is 0 Å². The van der Waals surface area contributed by atoms with E-state index in [0.717, 1.165) is 5.56 Å². The summed E-state index contributed by atoms with van der Waals surface area (Å²) in [4.78, 5) is 12.1. The molecule has 1 atom stereocenters. The van der Waals surface area contributed by atoms with Crippen LogP contribution in [0.2, 0.25) is 0 Å². The Hall–Kier alpha value is -1.35. The number of benzene rings is 1. The molecule has 0 spiro atoms. The van der Waals surface area contributed by atoms with E-state index < -0.39 is 16.6 Å². The second-order valence-electron chi connectivity index (χ2n) is 6.48. The fraction of sp³-hybridized carbons (Fsp3) is 0.533. The third-order valence-corrected chi connectivity index (χ3v) is 3.96. The van der Waals surface area contributed by atoms with Gasteiger partial charge in [0.25, 0.3) is 0 Å². The molecule has 1 saturated heterocycles. The van der Waals surface area contributed by atoms with Crippen molar-refractivity contribution < 1.29 is 9.90 Å². The number of hydrogen-bond donors (Lipinski definition) is 2. The Bertz CT molecular complexity index is 465. The molecule has 1 aliphatic heterocycles. The zero-order valence-electron chi connectivity index (χ0n) is 11.4. The Labute approximate surface area is 108 Å². The summed E-state index contributed by atoms with van der Waals surface area (Å²) in [5, 5.41) is 13.7. The lowest BCUT2D eigenvalue weighted by molar-refractivity contribution is -0.175. The molecule has 3 nitrogen and oxygen atoms in total. The smallest absolute Gasteiger partial charge is 0.228 e. The molecular weight excluding hydrogens is 226 g/mol. The molecule has 1 aromatic carbocycles. The highest BCUT2D eigenvalue weighted by atomic mass is 16.3. The maximum absolute atomic E-state index is 12.1. The summed E-state index contributed by atoms with van der Waals surface area (Å²) in [5.41, 5.74) is -1.45. The number of aliphatic hydroxyl groups is 1. The molecule has 98 valence electrons. The SMILES string of the molecule is CC1(C)CC(C)(C)[C@@](O)(c2ccccc2)NC1=O. The average Bonchev–Trinajstić information content (AvgIpc) is 2.27. The maximum Gasteiger partial charge on any atom is 0.228 e. The molecule has 0 saturated carbocycles. The fourth-order valence-corrected chi connectivity index (χ4v) is 2.96. The van der Waals surface area contributed by atoms with E-state index in [9.17, 15) is 9.90 Å². The standard InChI is InChI=1S/C15H21NO2/c1-13(2)10-14(3,4)15(18,16-12(13)17)11-8-6-5-7-9-11/h5-9,18H,10H2,1-4H3,(H,16,17)/t15-/m0/s1. The topological polar surface area (TPSA) is 49.3 Å². The minimum atomic E-state index is -1.30. The molecule has 2 N–H and O–H groups in total. The van der Waals surface area contributed by atoms with Crippen LogP contribution in [-0.2, 0) is 10.5 Å². The third kappa shape index (κ3) is 1.83. The summed E-state index contributed by atoms with van der Waals surface area (Å²) in [7, 11) is 0. The summed E-state index contributed by atoms with van der Waals surface area (Å²) >= 11 is 0. The first-order valence-electron chi connectivity index (χ1n) is 6.30. The van der Waals surface area contributed by atoms with Crippen LogP contribution in [0.15, 0.2) is 30.3 Å². The highest BCUT2D eigenvalue weighted by Crippen LogP contribution is 2.49. The van der Waals surface area contributed by atoms with Crippen molar-refractivity contribution in [3.63, 3.8) is 0 Å². The molecule has 18 heavy (non-hydrogen) atoms. The molecule has 0 unspecified atom stereocenters. The number of amides is 1. The number of carbonyl (C=O) groups is 1. The molecule has 0 radical (unpaired) electrons. The van der Waals surface area contributed by atoms with Crippen molar-refractivity contribution >= 4 is 5.91 Å². The zero-order valence-corrected chi connectivity index (χ0v) is 11.4. The van der Waals surface area contributed by atoms with Crippen molar-refractivity contribution in [2.45, 2.75) is 39.8 Å². The summed E-state index contributed by atoms with van der Waals surface area (Å²) in [6.45, 7) is 7.80. The van der Waals surface area contributed by atoms with Gasteiger partial charge in [-0.05, 0) is 6.42 Å². The number of rotatable bonds is 1. The molecule has 0 aliphatic carbocycles. The molecule has 1 amide bonds. The summed E-state index contributed by atoms with van der Waals surface area (Å²) in [5.74, 6) is -0.104. The normalized spacial score (nSPS) is 29.7. The van der Waals surface area contributed by atoms with Gasteiger partial charge in [0.2, 0.25) is 5.91 Å². The first-order valence-corrected chi connectivity index (χ1v) is 6.30. The number of piperidine rings is 1. The number of nitrogens with one attached hydrogen (secondary N) is 1. The van der Waals surface area contributed by atoms with Gasteiger partial charge in [0.15, 0.2) is 5.72 Å². The monoisotopic (exact) mass is 247 g/mol. The van der Waals surface area contributed by atoms with E-state index in [1.165, 1.54) is 0 Å². The molecule has 0 aromatic heterocycles. The first kappa shape index (κ1) is 13.1. The Morgan fingerprint density at radius 1 is 1.11 bits per heavy atom. The Morgan fingerprint density at radius 2 is 1.67 bits per heavy atom. The molecule has 1 aliphatic rings. The van der Waals surface area contributed by atoms with Crippen molar-refractivity contribution in [2.75, 3.05) is 0 Å². The average molecular weight is 247 g/mol. The van der Waals surface area contributed by atoms with Crippen LogP contribution in [0.1, 0.15) is 39.7 Å². The lowest BCUT2D eigenvalue weighted by Crippen LogP contribution is -2.64. The fourth-order valence-electron chi connectivity index (χ4n) is 2.96. The Balaban J connectivity index is 2.48. The van der Waals surface area contributed by atoms with Crippen molar-refractivity contribution in [2.24, 2.45) is 10.8 Å². The maximum atomic E-state index is 12.1. The summed E-state index contributed by atoms with van der Waals surface area (Å²) in [6, 6.07) is 9.33. The zero-order chi connectivity index (χ0) is 13.6. The number of hydrogen-bond acceptors (Lipinski definition) is 2. The van der Waals surface area contributed by atoms with Crippen LogP contribution in [0.25, 0.3) is 0 Å². The molecule has 1 aromatic rings. The van der Waals surface area contributed by atoms with Gasteiger partial charge < -0.3 is 10.4 Å². The van der Waals surface area contributed by atoms with Crippen LogP contribution < -0.4 is 5.32 Å². The highest BCUT2D eigenvalue weighted by molar-refractivity contribution is 5.83. The van der Waals surface area contributed by atoms with Crippen LogP contribution in [0.3, 0.4) is 0 Å². The van der Waals surface area contributed by atoms with Crippen LogP contribution in [0.5, 0.6) is 0 Å².